The number of hydrogen-bond donors (Lipinski definition) is 0. The van der Waals surface area contributed by atoms with Crippen molar-refractivity contribution in [3.63, 3.8) is 0 Å². The Kier molecular flexibility index (Phi) is 4.17. The molecule has 2 rings (SSSR count). The quantitative estimate of drug-likeness (QED) is 0.751. The number of rotatable bonds is 3. The highest BCUT2D eigenvalue weighted by Crippen LogP contribution is 2.26. The molecule has 0 unspecified atom stereocenters. The van der Waals surface area contributed by atoms with Crippen LogP contribution in [0.1, 0.15) is 15.9 Å². The van der Waals surface area contributed by atoms with Crippen molar-refractivity contribution in [3.8, 4) is 0 Å². The average molecular weight is 301 g/mol. The fraction of sp³-hybridized carbons (Fsp3) is 0.0714. The maximum Gasteiger partial charge on any atom is 0.168 e. The minimum absolute atomic E-state index is 0.0722. The van der Waals surface area contributed by atoms with E-state index in [0.29, 0.717) is 5.56 Å². The minimum atomic E-state index is -0.984. The van der Waals surface area contributed by atoms with E-state index in [9.17, 15) is 13.6 Å². The van der Waals surface area contributed by atoms with Gasteiger partial charge in [0.05, 0.1) is 10.0 Å². The molecule has 5 heteroatoms. The van der Waals surface area contributed by atoms with Crippen molar-refractivity contribution in [1.82, 2.24) is 0 Å². The van der Waals surface area contributed by atoms with E-state index in [4.69, 9.17) is 23.2 Å². The molecule has 0 aliphatic heterocycles. The SMILES string of the molecule is O=C(Cc1ccc(F)c(F)c1)c1cccc(Cl)c1Cl. The van der Waals surface area contributed by atoms with Gasteiger partial charge in [-0.05, 0) is 29.8 Å². The summed E-state index contributed by atoms with van der Waals surface area (Å²) in [4.78, 5) is 12.0. The fourth-order valence-corrected chi connectivity index (χ4v) is 2.06. The van der Waals surface area contributed by atoms with Crippen LogP contribution < -0.4 is 0 Å². The number of ketones is 1. The van der Waals surface area contributed by atoms with Crippen molar-refractivity contribution in [1.29, 1.82) is 0 Å². The molecule has 0 bridgehead atoms. The van der Waals surface area contributed by atoms with Gasteiger partial charge in [-0.3, -0.25) is 4.79 Å². The van der Waals surface area contributed by atoms with E-state index < -0.39 is 11.6 Å². The van der Waals surface area contributed by atoms with E-state index in [-0.39, 0.29) is 27.8 Å². The van der Waals surface area contributed by atoms with Crippen molar-refractivity contribution in [2.24, 2.45) is 0 Å². The van der Waals surface area contributed by atoms with Crippen molar-refractivity contribution in [2.45, 2.75) is 6.42 Å². The van der Waals surface area contributed by atoms with Gasteiger partial charge in [-0.2, -0.15) is 0 Å². The Morgan fingerprint density at radius 3 is 2.47 bits per heavy atom. The summed E-state index contributed by atoms with van der Waals surface area (Å²) in [5, 5.41) is 0.439. The summed E-state index contributed by atoms with van der Waals surface area (Å²) >= 11 is 11.7. The van der Waals surface area contributed by atoms with Crippen molar-refractivity contribution in [2.75, 3.05) is 0 Å². The van der Waals surface area contributed by atoms with Crippen molar-refractivity contribution in [3.05, 3.63) is 69.2 Å². The number of carbonyl (C=O) groups is 1. The molecule has 0 aliphatic carbocycles. The van der Waals surface area contributed by atoms with E-state index in [1.54, 1.807) is 12.1 Å². The van der Waals surface area contributed by atoms with Crippen LogP contribution in [-0.4, -0.2) is 5.78 Å². The van der Waals surface area contributed by atoms with E-state index in [1.807, 2.05) is 0 Å². The van der Waals surface area contributed by atoms with Crippen LogP contribution in [0.3, 0.4) is 0 Å². The zero-order valence-corrected chi connectivity index (χ0v) is 11.1. The molecule has 0 aliphatic rings. The Hall–Kier alpha value is -1.45. The van der Waals surface area contributed by atoms with Crippen LogP contribution in [0, 0.1) is 11.6 Å². The Morgan fingerprint density at radius 1 is 1.05 bits per heavy atom. The number of halogens is 4. The average Bonchev–Trinajstić information content (AvgIpc) is 2.37. The van der Waals surface area contributed by atoms with E-state index in [0.717, 1.165) is 12.1 Å². The molecule has 0 spiro atoms. The van der Waals surface area contributed by atoms with E-state index >= 15 is 0 Å². The first-order chi connectivity index (χ1) is 8.99. The molecule has 0 saturated carbocycles. The summed E-state index contributed by atoms with van der Waals surface area (Å²) in [6.45, 7) is 0. The number of carbonyl (C=O) groups excluding carboxylic acids is 1. The van der Waals surface area contributed by atoms with Gasteiger partial charge >= 0.3 is 0 Å². The standard InChI is InChI=1S/C14H8Cl2F2O/c15-10-3-1-2-9(14(10)16)13(19)7-8-4-5-11(17)12(18)6-8/h1-6H,7H2. The first kappa shape index (κ1) is 14.0. The predicted octanol–water partition coefficient (Wildman–Crippen LogP) is 4.70. The normalized spacial score (nSPS) is 10.5. The van der Waals surface area contributed by atoms with Gasteiger partial charge in [0.15, 0.2) is 17.4 Å². The van der Waals surface area contributed by atoms with Gasteiger partial charge in [-0.1, -0.05) is 35.3 Å². The van der Waals surface area contributed by atoms with Gasteiger partial charge in [-0.15, -0.1) is 0 Å². The van der Waals surface area contributed by atoms with Crippen LogP contribution >= 0.6 is 23.2 Å². The van der Waals surface area contributed by atoms with Gasteiger partial charge in [0.2, 0.25) is 0 Å². The first-order valence-electron chi connectivity index (χ1n) is 5.40. The lowest BCUT2D eigenvalue weighted by Gasteiger charge is -2.05. The maximum atomic E-state index is 13.0. The zero-order valence-electron chi connectivity index (χ0n) is 9.59. The highest BCUT2D eigenvalue weighted by Gasteiger charge is 2.14. The topological polar surface area (TPSA) is 17.1 Å². The van der Waals surface area contributed by atoms with Gasteiger partial charge in [0.1, 0.15) is 0 Å². The summed E-state index contributed by atoms with van der Waals surface area (Å²) in [6.07, 6.45) is -0.0722. The minimum Gasteiger partial charge on any atom is -0.294 e. The van der Waals surface area contributed by atoms with Gasteiger partial charge in [0.25, 0.3) is 0 Å². The monoisotopic (exact) mass is 300 g/mol. The molecule has 0 N–H and O–H groups in total. The van der Waals surface area contributed by atoms with Crippen LogP contribution in [0.5, 0.6) is 0 Å². The zero-order chi connectivity index (χ0) is 14.0. The van der Waals surface area contributed by atoms with Crippen LogP contribution in [-0.2, 0) is 6.42 Å². The lowest BCUT2D eigenvalue weighted by Crippen LogP contribution is -2.05. The Balaban J connectivity index is 2.26. The van der Waals surface area contributed by atoms with Crippen LogP contribution in [0.15, 0.2) is 36.4 Å². The van der Waals surface area contributed by atoms with Crippen LogP contribution in [0.4, 0.5) is 8.78 Å². The molecule has 2 aromatic carbocycles. The Morgan fingerprint density at radius 2 is 1.79 bits per heavy atom. The second-order valence-electron chi connectivity index (χ2n) is 3.95. The number of Topliss-reactive ketones (excluding diaryl/α,β-unsaturated/α-hetero) is 1. The number of hydrogen-bond acceptors (Lipinski definition) is 1. The third kappa shape index (κ3) is 3.11. The third-order valence-electron chi connectivity index (χ3n) is 2.60. The van der Waals surface area contributed by atoms with Crippen LogP contribution in [0.25, 0.3) is 0 Å². The van der Waals surface area contributed by atoms with Gasteiger partial charge in [0, 0.05) is 12.0 Å². The molecule has 2 aromatic rings. The van der Waals surface area contributed by atoms with Crippen molar-refractivity contribution < 1.29 is 13.6 Å². The van der Waals surface area contributed by atoms with E-state index in [1.165, 1.54) is 12.1 Å². The number of benzene rings is 2. The molecule has 1 nitrogen and oxygen atoms in total. The maximum absolute atomic E-state index is 13.0. The highest BCUT2D eigenvalue weighted by atomic mass is 35.5. The van der Waals surface area contributed by atoms with Gasteiger partial charge < -0.3 is 0 Å². The van der Waals surface area contributed by atoms with Gasteiger partial charge in [-0.25, -0.2) is 8.78 Å². The molecule has 0 heterocycles. The molecular formula is C14H8Cl2F2O. The van der Waals surface area contributed by atoms with E-state index in [2.05, 4.69) is 0 Å². The summed E-state index contributed by atoms with van der Waals surface area (Å²) in [7, 11) is 0. The second kappa shape index (κ2) is 5.68. The molecule has 0 atom stereocenters. The summed E-state index contributed by atoms with van der Waals surface area (Å²) in [5.41, 5.74) is 0.638. The lowest BCUT2D eigenvalue weighted by molar-refractivity contribution is 0.0993. The van der Waals surface area contributed by atoms with Crippen LogP contribution in [0.2, 0.25) is 10.0 Å². The summed E-state index contributed by atoms with van der Waals surface area (Å²) in [5.74, 6) is -2.24. The smallest absolute Gasteiger partial charge is 0.168 e. The molecule has 19 heavy (non-hydrogen) atoms. The molecule has 0 saturated heterocycles. The van der Waals surface area contributed by atoms with Crippen molar-refractivity contribution >= 4 is 29.0 Å². The highest BCUT2D eigenvalue weighted by molar-refractivity contribution is 6.43. The Labute approximate surface area is 118 Å². The lowest BCUT2D eigenvalue weighted by atomic mass is 10.0. The fourth-order valence-electron chi connectivity index (χ4n) is 1.65. The molecular weight excluding hydrogens is 293 g/mol. The molecule has 0 fully saturated rings. The first-order valence-corrected chi connectivity index (χ1v) is 6.16. The Bertz CT molecular complexity index is 641. The molecule has 0 aromatic heterocycles. The summed E-state index contributed by atoms with van der Waals surface area (Å²) < 4.78 is 25.8. The molecule has 0 radical (unpaired) electrons. The third-order valence-corrected chi connectivity index (χ3v) is 3.42. The summed E-state index contributed by atoms with van der Waals surface area (Å²) in [6, 6.07) is 8.04. The largest absolute Gasteiger partial charge is 0.294 e. The predicted molar refractivity (Wildman–Crippen MR) is 70.9 cm³/mol. The second-order valence-corrected chi connectivity index (χ2v) is 4.73. The molecule has 0 amide bonds. The molecule has 98 valence electrons.